The Morgan fingerprint density at radius 2 is 2.13 bits per heavy atom. The zero-order valence-electron chi connectivity index (χ0n) is 9.51. The molecule has 15 heavy (non-hydrogen) atoms. The summed E-state index contributed by atoms with van der Waals surface area (Å²) in [5.74, 6) is 1.40. The van der Waals surface area contributed by atoms with Gasteiger partial charge in [-0.2, -0.15) is 0 Å². The molecule has 0 aromatic heterocycles. The third-order valence-electron chi connectivity index (χ3n) is 2.64. The molecule has 0 aliphatic carbocycles. The SMILES string of the molecule is COc1cc(C(C)CCN)c(Br)cc1C. The summed E-state index contributed by atoms with van der Waals surface area (Å²) in [5, 5.41) is 0. The number of benzene rings is 1. The van der Waals surface area contributed by atoms with Crippen molar-refractivity contribution in [3.63, 3.8) is 0 Å². The van der Waals surface area contributed by atoms with Gasteiger partial charge in [-0.05, 0) is 49.1 Å². The van der Waals surface area contributed by atoms with Crippen LogP contribution in [0.25, 0.3) is 0 Å². The molecular formula is C12H18BrNO. The Kier molecular flexibility index (Phi) is 4.61. The number of methoxy groups -OCH3 is 1. The van der Waals surface area contributed by atoms with Crippen LogP contribution in [0.2, 0.25) is 0 Å². The summed E-state index contributed by atoms with van der Waals surface area (Å²) >= 11 is 3.58. The van der Waals surface area contributed by atoms with Crippen LogP contribution in [-0.4, -0.2) is 13.7 Å². The molecule has 0 radical (unpaired) electrons. The van der Waals surface area contributed by atoms with Gasteiger partial charge in [0.1, 0.15) is 5.75 Å². The largest absolute Gasteiger partial charge is 0.496 e. The standard InChI is InChI=1S/C12H18BrNO/c1-8(4-5-14)10-7-12(15-3)9(2)6-11(10)13/h6-8H,4-5,14H2,1-3H3. The highest BCUT2D eigenvalue weighted by molar-refractivity contribution is 9.10. The van der Waals surface area contributed by atoms with Crippen molar-refractivity contribution in [1.29, 1.82) is 0 Å². The van der Waals surface area contributed by atoms with Crippen LogP contribution in [0.1, 0.15) is 30.4 Å². The summed E-state index contributed by atoms with van der Waals surface area (Å²) in [6, 6.07) is 4.20. The van der Waals surface area contributed by atoms with Gasteiger partial charge in [-0.25, -0.2) is 0 Å². The molecule has 0 fully saturated rings. The van der Waals surface area contributed by atoms with E-state index in [0.717, 1.165) is 22.2 Å². The lowest BCUT2D eigenvalue weighted by molar-refractivity contribution is 0.410. The van der Waals surface area contributed by atoms with Crippen LogP contribution in [0.5, 0.6) is 5.75 Å². The Hall–Kier alpha value is -0.540. The van der Waals surface area contributed by atoms with Gasteiger partial charge >= 0.3 is 0 Å². The minimum absolute atomic E-state index is 0.457. The van der Waals surface area contributed by atoms with Gasteiger partial charge in [-0.3, -0.25) is 0 Å². The van der Waals surface area contributed by atoms with Crippen LogP contribution < -0.4 is 10.5 Å². The third-order valence-corrected chi connectivity index (χ3v) is 3.33. The van der Waals surface area contributed by atoms with Gasteiger partial charge in [-0.1, -0.05) is 22.9 Å². The highest BCUT2D eigenvalue weighted by atomic mass is 79.9. The monoisotopic (exact) mass is 271 g/mol. The first-order valence-electron chi connectivity index (χ1n) is 5.14. The zero-order chi connectivity index (χ0) is 11.4. The van der Waals surface area contributed by atoms with Crippen LogP contribution in [0.3, 0.4) is 0 Å². The molecule has 0 aliphatic rings. The molecule has 84 valence electrons. The molecule has 2 nitrogen and oxygen atoms in total. The maximum absolute atomic E-state index is 5.57. The van der Waals surface area contributed by atoms with Gasteiger partial charge in [0.15, 0.2) is 0 Å². The number of aryl methyl sites for hydroxylation is 1. The fourth-order valence-corrected chi connectivity index (χ4v) is 2.52. The van der Waals surface area contributed by atoms with Crippen molar-refractivity contribution in [3.8, 4) is 5.75 Å². The van der Waals surface area contributed by atoms with E-state index in [1.54, 1.807) is 7.11 Å². The molecule has 0 spiro atoms. The van der Waals surface area contributed by atoms with Gasteiger partial charge in [0, 0.05) is 4.47 Å². The molecule has 0 heterocycles. The predicted molar refractivity (Wildman–Crippen MR) is 67.5 cm³/mol. The number of rotatable bonds is 4. The molecule has 3 heteroatoms. The summed E-state index contributed by atoms with van der Waals surface area (Å²) in [6.07, 6.45) is 0.991. The molecule has 0 amide bonds. The Morgan fingerprint density at radius 1 is 1.47 bits per heavy atom. The zero-order valence-corrected chi connectivity index (χ0v) is 11.1. The lowest BCUT2D eigenvalue weighted by Gasteiger charge is -2.15. The van der Waals surface area contributed by atoms with E-state index in [0.29, 0.717) is 12.5 Å². The van der Waals surface area contributed by atoms with E-state index in [9.17, 15) is 0 Å². The first kappa shape index (κ1) is 12.5. The summed E-state index contributed by atoms with van der Waals surface area (Å²) in [6.45, 7) is 4.94. The van der Waals surface area contributed by atoms with Crippen LogP contribution in [0, 0.1) is 6.92 Å². The second-order valence-electron chi connectivity index (χ2n) is 3.82. The number of nitrogens with two attached hydrogens (primary N) is 1. The Labute approximate surface area is 99.9 Å². The van der Waals surface area contributed by atoms with E-state index in [4.69, 9.17) is 10.5 Å². The van der Waals surface area contributed by atoms with Crippen molar-refractivity contribution < 1.29 is 4.74 Å². The number of hydrogen-bond donors (Lipinski definition) is 1. The number of hydrogen-bond acceptors (Lipinski definition) is 2. The van der Waals surface area contributed by atoms with Gasteiger partial charge in [0.25, 0.3) is 0 Å². The van der Waals surface area contributed by atoms with Crippen molar-refractivity contribution in [2.24, 2.45) is 5.73 Å². The summed E-state index contributed by atoms with van der Waals surface area (Å²) < 4.78 is 6.46. The summed E-state index contributed by atoms with van der Waals surface area (Å²) in [7, 11) is 1.70. The molecule has 0 bridgehead atoms. The average molecular weight is 272 g/mol. The summed E-state index contributed by atoms with van der Waals surface area (Å²) in [4.78, 5) is 0. The fraction of sp³-hybridized carbons (Fsp3) is 0.500. The first-order chi connectivity index (χ1) is 7.10. The fourth-order valence-electron chi connectivity index (χ4n) is 1.67. The second kappa shape index (κ2) is 5.52. The van der Waals surface area contributed by atoms with Crippen molar-refractivity contribution >= 4 is 15.9 Å². The molecular weight excluding hydrogens is 254 g/mol. The maximum atomic E-state index is 5.57. The van der Waals surface area contributed by atoms with Crippen LogP contribution >= 0.6 is 15.9 Å². The van der Waals surface area contributed by atoms with E-state index in [-0.39, 0.29) is 0 Å². The highest BCUT2D eigenvalue weighted by Crippen LogP contribution is 2.32. The smallest absolute Gasteiger partial charge is 0.122 e. The van der Waals surface area contributed by atoms with Crippen molar-refractivity contribution in [3.05, 3.63) is 27.7 Å². The first-order valence-corrected chi connectivity index (χ1v) is 5.93. The topological polar surface area (TPSA) is 35.2 Å². The van der Waals surface area contributed by atoms with E-state index < -0.39 is 0 Å². The lowest BCUT2D eigenvalue weighted by Crippen LogP contribution is -2.05. The van der Waals surface area contributed by atoms with E-state index in [1.807, 2.05) is 6.92 Å². The van der Waals surface area contributed by atoms with Gasteiger partial charge in [-0.15, -0.1) is 0 Å². The molecule has 1 aromatic rings. The Morgan fingerprint density at radius 3 is 2.67 bits per heavy atom. The van der Waals surface area contributed by atoms with E-state index in [2.05, 4.69) is 35.0 Å². The van der Waals surface area contributed by atoms with Crippen LogP contribution in [-0.2, 0) is 0 Å². The quantitative estimate of drug-likeness (QED) is 0.913. The number of halogens is 1. The van der Waals surface area contributed by atoms with Gasteiger partial charge < -0.3 is 10.5 Å². The number of ether oxygens (including phenoxy) is 1. The molecule has 2 N–H and O–H groups in total. The Bertz CT molecular complexity index is 339. The van der Waals surface area contributed by atoms with Crippen LogP contribution in [0.15, 0.2) is 16.6 Å². The molecule has 1 atom stereocenters. The van der Waals surface area contributed by atoms with E-state index in [1.165, 1.54) is 5.56 Å². The van der Waals surface area contributed by atoms with Crippen molar-refractivity contribution in [1.82, 2.24) is 0 Å². The molecule has 1 aromatic carbocycles. The van der Waals surface area contributed by atoms with Gasteiger partial charge in [0.2, 0.25) is 0 Å². The minimum atomic E-state index is 0.457. The molecule has 0 aliphatic heterocycles. The minimum Gasteiger partial charge on any atom is -0.496 e. The molecule has 1 unspecified atom stereocenters. The lowest BCUT2D eigenvalue weighted by atomic mass is 9.96. The normalized spacial score (nSPS) is 12.6. The molecule has 0 saturated heterocycles. The average Bonchev–Trinajstić information content (AvgIpc) is 2.18. The predicted octanol–water partition coefficient (Wildman–Crippen LogP) is 3.22. The second-order valence-corrected chi connectivity index (χ2v) is 4.68. The van der Waals surface area contributed by atoms with E-state index >= 15 is 0 Å². The van der Waals surface area contributed by atoms with Crippen LogP contribution in [0.4, 0.5) is 0 Å². The molecule has 1 rings (SSSR count). The van der Waals surface area contributed by atoms with Crippen molar-refractivity contribution in [2.75, 3.05) is 13.7 Å². The Balaban J connectivity index is 3.06. The third kappa shape index (κ3) is 2.95. The van der Waals surface area contributed by atoms with Gasteiger partial charge in [0.05, 0.1) is 7.11 Å². The molecule has 0 saturated carbocycles. The summed E-state index contributed by atoms with van der Waals surface area (Å²) in [5.41, 5.74) is 7.98. The maximum Gasteiger partial charge on any atom is 0.122 e. The van der Waals surface area contributed by atoms with Crippen molar-refractivity contribution in [2.45, 2.75) is 26.2 Å². The highest BCUT2D eigenvalue weighted by Gasteiger charge is 2.11.